The third-order valence-corrected chi connectivity index (χ3v) is 6.57. The summed E-state index contributed by atoms with van der Waals surface area (Å²) in [5.41, 5.74) is 0.949. The van der Waals surface area contributed by atoms with Crippen molar-refractivity contribution in [2.24, 2.45) is 0 Å². The highest BCUT2D eigenvalue weighted by Gasteiger charge is 2.32. The van der Waals surface area contributed by atoms with Crippen molar-refractivity contribution in [2.45, 2.75) is 24.1 Å². The molecule has 1 fully saturated rings. The molecular weight excluding hydrogens is 386 g/mol. The molecule has 10 heteroatoms. The molecule has 0 aliphatic carbocycles. The Balaban J connectivity index is 1.45. The summed E-state index contributed by atoms with van der Waals surface area (Å²) in [5.74, 6) is 0.244. The number of carbonyl (C=O) groups is 1. The van der Waals surface area contributed by atoms with Gasteiger partial charge in [0, 0.05) is 11.6 Å². The van der Waals surface area contributed by atoms with Crippen LogP contribution < -0.4 is 5.32 Å². The van der Waals surface area contributed by atoms with Crippen molar-refractivity contribution in [3.05, 3.63) is 40.7 Å². The number of hydrogen-bond acceptors (Lipinski definition) is 7. The Morgan fingerprint density at radius 3 is 2.76 bits per heavy atom. The maximum absolute atomic E-state index is 11.9. The minimum atomic E-state index is -3.00. The van der Waals surface area contributed by atoms with Gasteiger partial charge in [0.05, 0.1) is 23.2 Å². The molecule has 1 aliphatic rings. The number of amides is 1. The summed E-state index contributed by atoms with van der Waals surface area (Å²) in [4.78, 5) is 11.9. The van der Waals surface area contributed by atoms with Gasteiger partial charge >= 0.3 is 0 Å². The van der Waals surface area contributed by atoms with Gasteiger partial charge < -0.3 is 9.73 Å². The molecule has 1 N–H and O–H groups in total. The van der Waals surface area contributed by atoms with Gasteiger partial charge in [-0.2, -0.15) is 0 Å². The number of halogens is 1. The minimum absolute atomic E-state index is 0.0425. The van der Waals surface area contributed by atoms with E-state index in [-0.39, 0.29) is 34.3 Å². The van der Waals surface area contributed by atoms with Crippen LogP contribution in [0.4, 0.5) is 0 Å². The first kappa shape index (κ1) is 18.2. The van der Waals surface area contributed by atoms with Crippen molar-refractivity contribution >= 4 is 39.1 Å². The molecule has 1 aliphatic heterocycles. The van der Waals surface area contributed by atoms with Crippen LogP contribution in [-0.4, -0.2) is 41.8 Å². The maximum Gasteiger partial charge on any atom is 0.277 e. The van der Waals surface area contributed by atoms with Gasteiger partial charge in [-0.05, 0) is 24.1 Å². The monoisotopic (exact) mass is 401 g/mol. The van der Waals surface area contributed by atoms with Crippen molar-refractivity contribution in [2.75, 3.05) is 17.3 Å². The van der Waals surface area contributed by atoms with Crippen molar-refractivity contribution in [3.63, 3.8) is 0 Å². The Bertz CT molecular complexity index is 852. The summed E-state index contributed by atoms with van der Waals surface area (Å²) in [6.07, 6.45) is 0.496. The smallest absolute Gasteiger partial charge is 0.277 e. The zero-order valence-electron chi connectivity index (χ0n) is 13.1. The number of rotatable bonds is 6. The highest BCUT2D eigenvalue weighted by atomic mass is 35.5. The van der Waals surface area contributed by atoms with Crippen LogP contribution in [0.5, 0.6) is 0 Å². The molecule has 2 aromatic rings. The molecule has 0 bridgehead atoms. The average molecular weight is 402 g/mol. The van der Waals surface area contributed by atoms with E-state index in [1.54, 1.807) is 12.1 Å². The Hall–Kier alpha value is -1.58. The fourth-order valence-corrected chi connectivity index (χ4v) is 4.87. The summed E-state index contributed by atoms with van der Waals surface area (Å²) >= 11 is 6.93. The molecule has 1 aromatic heterocycles. The highest BCUT2D eigenvalue weighted by Crippen LogP contribution is 2.29. The molecule has 0 saturated carbocycles. The van der Waals surface area contributed by atoms with Crippen molar-refractivity contribution in [3.8, 4) is 0 Å². The predicted molar refractivity (Wildman–Crippen MR) is 94.3 cm³/mol. The van der Waals surface area contributed by atoms with Gasteiger partial charge in [0.15, 0.2) is 9.84 Å². The number of thioether (sulfide) groups is 1. The van der Waals surface area contributed by atoms with Crippen molar-refractivity contribution in [1.29, 1.82) is 0 Å². The zero-order chi connectivity index (χ0) is 17.9. The number of benzene rings is 1. The van der Waals surface area contributed by atoms with Gasteiger partial charge in [-0.25, -0.2) is 8.42 Å². The first-order valence-electron chi connectivity index (χ1n) is 7.59. The Kier molecular flexibility index (Phi) is 5.65. The summed E-state index contributed by atoms with van der Waals surface area (Å²) in [6, 6.07) is 7.22. The molecule has 3 rings (SSSR count). The molecule has 2 heterocycles. The van der Waals surface area contributed by atoms with Crippen LogP contribution in [0.15, 0.2) is 33.9 Å². The molecule has 1 atom stereocenters. The van der Waals surface area contributed by atoms with Gasteiger partial charge in [0.25, 0.3) is 5.22 Å². The van der Waals surface area contributed by atoms with Gasteiger partial charge in [0.2, 0.25) is 11.8 Å². The predicted octanol–water partition coefficient (Wildman–Crippen LogP) is 2.03. The fraction of sp³-hybridized carbons (Fsp3) is 0.400. The van der Waals surface area contributed by atoms with E-state index >= 15 is 0 Å². The van der Waals surface area contributed by atoms with Crippen LogP contribution in [0.1, 0.15) is 23.8 Å². The summed E-state index contributed by atoms with van der Waals surface area (Å²) in [5, 5.41) is 11.5. The topological polar surface area (TPSA) is 102 Å². The quantitative estimate of drug-likeness (QED) is 0.738. The van der Waals surface area contributed by atoms with Gasteiger partial charge in [0.1, 0.15) is 0 Å². The van der Waals surface area contributed by atoms with E-state index in [2.05, 4.69) is 15.5 Å². The molecule has 0 spiro atoms. The lowest BCUT2D eigenvalue weighted by atomic mass is 10.1. The summed E-state index contributed by atoms with van der Waals surface area (Å²) in [6.45, 7) is 0.408. The van der Waals surface area contributed by atoms with Crippen LogP contribution in [0.25, 0.3) is 0 Å². The van der Waals surface area contributed by atoms with E-state index in [1.807, 2.05) is 12.1 Å². The van der Waals surface area contributed by atoms with E-state index in [1.165, 1.54) is 0 Å². The first-order valence-corrected chi connectivity index (χ1v) is 10.8. The molecule has 1 amide bonds. The second-order valence-electron chi connectivity index (χ2n) is 5.70. The first-order chi connectivity index (χ1) is 11.9. The molecule has 7 nitrogen and oxygen atoms in total. The molecule has 0 radical (unpaired) electrons. The standard InChI is InChI=1S/C15H16ClN3O4S2/c16-12-3-1-10(2-4-12)7-17-13(20)8-24-15-19-18-14(23-15)11-5-6-25(21,22)9-11/h1-4,11H,5-9H2,(H,17,20)/t11-/m0/s1. The van der Waals surface area contributed by atoms with Crippen LogP contribution in [0, 0.1) is 0 Å². The number of aromatic nitrogens is 2. The molecule has 25 heavy (non-hydrogen) atoms. The van der Waals surface area contributed by atoms with Crippen molar-refractivity contribution in [1.82, 2.24) is 15.5 Å². The second kappa shape index (κ2) is 7.76. The lowest BCUT2D eigenvalue weighted by molar-refractivity contribution is -0.118. The van der Waals surface area contributed by atoms with Crippen LogP contribution in [-0.2, 0) is 21.2 Å². The normalized spacial score (nSPS) is 19.0. The van der Waals surface area contributed by atoms with E-state index in [0.29, 0.717) is 23.9 Å². The minimum Gasteiger partial charge on any atom is -0.416 e. The fourth-order valence-electron chi connectivity index (χ4n) is 2.41. The van der Waals surface area contributed by atoms with Gasteiger partial charge in [-0.3, -0.25) is 4.79 Å². The molecular formula is C15H16ClN3O4S2. The third-order valence-electron chi connectivity index (χ3n) is 3.73. The van der Waals surface area contributed by atoms with Gasteiger partial charge in [-0.15, -0.1) is 10.2 Å². The van der Waals surface area contributed by atoms with Crippen molar-refractivity contribution < 1.29 is 17.6 Å². The van der Waals surface area contributed by atoms with E-state index in [0.717, 1.165) is 17.3 Å². The number of hydrogen-bond donors (Lipinski definition) is 1. The number of nitrogens with one attached hydrogen (secondary N) is 1. The van der Waals surface area contributed by atoms with E-state index < -0.39 is 9.84 Å². The highest BCUT2D eigenvalue weighted by molar-refractivity contribution is 7.99. The second-order valence-corrected chi connectivity index (χ2v) is 9.29. The lowest BCUT2D eigenvalue weighted by Gasteiger charge is -2.04. The van der Waals surface area contributed by atoms with Crippen LogP contribution >= 0.6 is 23.4 Å². The largest absolute Gasteiger partial charge is 0.416 e. The Labute approximate surface area is 154 Å². The number of sulfone groups is 1. The Morgan fingerprint density at radius 2 is 2.08 bits per heavy atom. The average Bonchev–Trinajstić information content (AvgIpc) is 3.18. The molecule has 134 valence electrons. The third kappa shape index (κ3) is 5.20. The maximum atomic E-state index is 11.9. The van der Waals surface area contributed by atoms with E-state index in [9.17, 15) is 13.2 Å². The van der Waals surface area contributed by atoms with Gasteiger partial charge in [-0.1, -0.05) is 35.5 Å². The lowest BCUT2D eigenvalue weighted by Crippen LogP contribution is -2.24. The molecule has 1 aromatic carbocycles. The molecule has 1 saturated heterocycles. The van der Waals surface area contributed by atoms with Crippen LogP contribution in [0.2, 0.25) is 5.02 Å². The SMILES string of the molecule is O=C(CSc1nnc([C@H]2CCS(=O)(=O)C2)o1)NCc1ccc(Cl)cc1. The zero-order valence-corrected chi connectivity index (χ0v) is 15.5. The Morgan fingerprint density at radius 1 is 1.32 bits per heavy atom. The van der Waals surface area contributed by atoms with Crippen LogP contribution in [0.3, 0.4) is 0 Å². The van der Waals surface area contributed by atoms with E-state index in [4.69, 9.17) is 16.0 Å². The molecule has 0 unspecified atom stereocenters. The number of nitrogens with zero attached hydrogens (tertiary/aromatic N) is 2. The number of carbonyl (C=O) groups excluding carboxylic acids is 1. The summed E-state index contributed by atoms with van der Waals surface area (Å²) < 4.78 is 28.4. The summed E-state index contributed by atoms with van der Waals surface area (Å²) in [7, 11) is -3.00.